The molecule has 3 aromatic rings. The van der Waals surface area contributed by atoms with E-state index in [1.807, 2.05) is 50.2 Å². The maximum absolute atomic E-state index is 13.9. The van der Waals surface area contributed by atoms with Gasteiger partial charge in [-0.1, -0.05) is 31.0 Å². The summed E-state index contributed by atoms with van der Waals surface area (Å²) in [5.41, 5.74) is 2.08. The van der Waals surface area contributed by atoms with Crippen molar-refractivity contribution in [3.63, 3.8) is 0 Å². The van der Waals surface area contributed by atoms with Gasteiger partial charge in [0.05, 0.1) is 25.7 Å². The lowest BCUT2D eigenvalue weighted by molar-refractivity contribution is -0.123. The summed E-state index contributed by atoms with van der Waals surface area (Å²) in [7, 11) is 1.55. The highest BCUT2D eigenvalue weighted by Crippen LogP contribution is 2.37. The lowest BCUT2D eigenvalue weighted by Gasteiger charge is -2.33. The van der Waals surface area contributed by atoms with Crippen LogP contribution in [0.4, 0.5) is 5.69 Å². The van der Waals surface area contributed by atoms with E-state index in [-0.39, 0.29) is 17.7 Å². The Morgan fingerprint density at radius 2 is 1.86 bits per heavy atom. The molecular weight excluding hydrogens is 444 g/mol. The first-order valence-corrected chi connectivity index (χ1v) is 12.1. The molecule has 0 bridgehead atoms. The number of rotatable bonds is 9. The third-order valence-corrected chi connectivity index (χ3v) is 6.26. The van der Waals surface area contributed by atoms with Crippen LogP contribution in [0.25, 0.3) is 0 Å². The minimum atomic E-state index is -0.945. The molecule has 7 nitrogen and oxygen atoms in total. The molecule has 1 aliphatic carbocycles. The number of ether oxygens (including phenoxy) is 2. The molecule has 0 spiro atoms. The summed E-state index contributed by atoms with van der Waals surface area (Å²) in [6.45, 7) is 4.39. The first kappa shape index (κ1) is 24.4. The van der Waals surface area contributed by atoms with Gasteiger partial charge in [0, 0.05) is 6.04 Å². The molecule has 0 aliphatic heterocycles. The number of carbonyl (C=O) groups excluding carboxylic acids is 2. The van der Waals surface area contributed by atoms with Crippen molar-refractivity contribution in [3.05, 3.63) is 77.7 Å². The van der Waals surface area contributed by atoms with E-state index < -0.39 is 11.9 Å². The van der Waals surface area contributed by atoms with Crippen molar-refractivity contribution in [2.24, 2.45) is 0 Å². The number of anilines is 1. The maximum atomic E-state index is 13.9. The predicted octanol–water partition coefficient (Wildman–Crippen LogP) is 5.44. The maximum Gasteiger partial charge on any atom is 0.295 e. The number of nitrogens with one attached hydrogen (secondary N) is 1. The largest absolute Gasteiger partial charge is 0.495 e. The summed E-state index contributed by atoms with van der Waals surface area (Å²) in [6, 6.07) is 15.3. The second kappa shape index (κ2) is 11.1. The molecule has 1 saturated carbocycles. The molecule has 1 atom stereocenters. The number of amides is 2. The highest BCUT2D eigenvalue weighted by Gasteiger charge is 2.37. The van der Waals surface area contributed by atoms with Crippen molar-refractivity contribution in [2.45, 2.75) is 51.6 Å². The quantitative estimate of drug-likeness (QED) is 0.445. The highest BCUT2D eigenvalue weighted by molar-refractivity contribution is 6.09. The molecule has 1 heterocycles. The van der Waals surface area contributed by atoms with Gasteiger partial charge in [-0.15, -0.1) is 0 Å². The number of furan rings is 1. The lowest BCUT2D eigenvalue weighted by Crippen LogP contribution is -2.46. The van der Waals surface area contributed by atoms with Gasteiger partial charge in [-0.3, -0.25) is 14.5 Å². The zero-order valence-electron chi connectivity index (χ0n) is 20.5. The van der Waals surface area contributed by atoms with Gasteiger partial charge in [-0.05, 0) is 74.2 Å². The van der Waals surface area contributed by atoms with Crippen molar-refractivity contribution < 1.29 is 23.5 Å². The zero-order valence-corrected chi connectivity index (χ0v) is 20.5. The molecule has 1 N–H and O–H groups in total. The number of hydrogen-bond donors (Lipinski definition) is 1. The summed E-state index contributed by atoms with van der Waals surface area (Å²) < 4.78 is 16.7. The molecule has 0 unspecified atom stereocenters. The summed E-state index contributed by atoms with van der Waals surface area (Å²) in [4.78, 5) is 29.2. The van der Waals surface area contributed by atoms with Gasteiger partial charge >= 0.3 is 0 Å². The van der Waals surface area contributed by atoms with E-state index in [0.29, 0.717) is 29.4 Å². The van der Waals surface area contributed by atoms with E-state index in [1.54, 1.807) is 25.3 Å². The molecule has 1 aliphatic rings. The van der Waals surface area contributed by atoms with Gasteiger partial charge < -0.3 is 19.2 Å². The Hall–Kier alpha value is -3.74. The first-order valence-electron chi connectivity index (χ1n) is 12.1. The van der Waals surface area contributed by atoms with Crippen LogP contribution in [-0.4, -0.2) is 31.6 Å². The van der Waals surface area contributed by atoms with E-state index in [2.05, 4.69) is 5.32 Å². The van der Waals surface area contributed by atoms with E-state index in [1.165, 1.54) is 11.2 Å². The predicted molar refractivity (Wildman–Crippen MR) is 134 cm³/mol. The molecule has 1 fully saturated rings. The third kappa shape index (κ3) is 5.50. The van der Waals surface area contributed by atoms with Crippen molar-refractivity contribution in [1.82, 2.24) is 5.32 Å². The summed E-state index contributed by atoms with van der Waals surface area (Å²) in [5.74, 6) is 0.644. The Morgan fingerprint density at radius 3 is 2.49 bits per heavy atom. The van der Waals surface area contributed by atoms with Crippen LogP contribution in [-0.2, 0) is 4.79 Å². The topological polar surface area (TPSA) is 81.0 Å². The molecule has 0 saturated heterocycles. The van der Waals surface area contributed by atoms with E-state index in [9.17, 15) is 9.59 Å². The van der Waals surface area contributed by atoms with Gasteiger partial charge in [-0.2, -0.15) is 0 Å². The molecule has 2 amide bonds. The molecular formula is C28H32N2O5. The normalized spacial score (nSPS) is 14.4. The van der Waals surface area contributed by atoms with Crippen LogP contribution < -0.4 is 19.7 Å². The van der Waals surface area contributed by atoms with Crippen molar-refractivity contribution in [3.8, 4) is 11.5 Å². The number of nitrogens with zero attached hydrogens (tertiary/aromatic N) is 1. The van der Waals surface area contributed by atoms with E-state index in [4.69, 9.17) is 13.9 Å². The van der Waals surface area contributed by atoms with Crippen LogP contribution in [0.5, 0.6) is 11.5 Å². The third-order valence-electron chi connectivity index (χ3n) is 6.26. The summed E-state index contributed by atoms with van der Waals surface area (Å²) >= 11 is 0. The number of carbonyl (C=O) groups is 2. The van der Waals surface area contributed by atoms with Crippen molar-refractivity contribution in [1.29, 1.82) is 0 Å². The first-order chi connectivity index (χ1) is 17.0. The van der Waals surface area contributed by atoms with E-state index in [0.717, 1.165) is 31.2 Å². The second-order valence-corrected chi connectivity index (χ2v) is 8.72. The fraction of sp³-hybridized carbons (Fsp3) is 0.357. The Morgan fingerprint density at radius 1 is 1.11 bits per heavy atom. The summed E-state index contributed by atoms with van der Waals surface area (Å²) in [5, 5.41) is 3.18. The standard InChI is InChI=1S/C28H32N2O5/c1-4-34-22-14-12-20(13-15-22)26(27(31)29-21-8-5-6-9-21)30(28(32)25-10-7-17-35-25)23-18-19(2)11-16-24(23)33-3/h7,10-18,21,26H,4-6,8-9H2,1-3H3,(H,29,31)/t26-/m0/s1. The summed E-state index contributed by atoms with van der Waals surface area (Å²) in [6.07, 6.45) is 5.48. The fourth-order valence-corrected chi connectivity index (χ4v) is 4.55. The van der Waals surface area contributed by atoms with Gasteiger partial charge in [0.2, 0.25) is 5.91 Å². The van der Waals surface area contributed by atoms with Crippen LogP contribution in [0, 0.1) is 6.92 Å². The van der Waals surface area contributed by atoms with Crippen LogP contribution in [0.1, 0.15) is 60.3 Å². The van der Waals surface area contributed by atoms with Gasteiger partial charge in [0.1, 0.15) is 17.5 Å². The highest BCUT2D eigenvalue weighted by atomic mass is 16.5. The molecule has 1 aromatic heterocycles. The Balaban J connectivity index is 1.85. The average Bonchev–Trinajstić information content (AvgIpc) is 3.58. The number of methoxy groups -OCH3 is 1. The second-order valence-electron chi connectivity index (χ2n) is 8.72. The van der Waals surface area contributed by atoms with Crippen LogP contribution >= 0.6 is 0 Å². The van der Waals surface area contributed by atoms with Gasteiger partial charge in [0.25, 0.3) is 5.91 Å². The molecule has 2 aromatic carbocycles. The number of hydrogen-bond acceptors (Lipinski definition) is 5. The van der Waals surface area contributed by atoms with Crippen LogP contribution in [0.2, 0.25) is 0 Å². The Kier molecular flexibility index (Phi) is 7.75. The fourth-order valence-electron chi connectivity index (χ4n) is 4.55. The molecule has 7 heteroatoms. The number of aryl methyl sites for hydroxylation is 1. The Labute approximate surface area is 206 Å². The minimum Gasteiger partial charge on any atom is -0.495 e. The monoisotopic (exact) mass is 476 g/mol. The minimum absolute atomic E-state index is 0.0904. The molecule has 0 radical (unpaired) electrons. The van der Waals surface area contributed by atoms with E-state index >= 15 is 0 Å². The van der Waals surface area contributed by atoms with Gasteiger partial charge in [0.15, 0.2) is 5.76 Å². The van der Waals surface area contributed by atoms with Crippen LogP contribution in [0.3, 0.4) is 0 Å². The zero-order chi connectivity index (χ0) is 24.8. The SMILES string of the molecule is CCOc1ccc([C@@H](C(=O)NC2CCCC2)N(C(=O)c2ccco2)c2cc(C)ccc2OC)cc1. The molecule has 35 heavy (non-hydrogen) atoms. The molecule has 4 rings (SSSR count). The smallest absolute Gasteiger partial charge is 0.295 e. The average molecular weight is 477 g/mol. The number of benzene rings is 2. The van der Waals surface area contributed by atoms with Gasteiger partial charge in [-0.25, -0.2) is 0 Å². The van der Waals surface area contributed by atoms with Crippen molar-refractivity contribution in [2.75, 3.05) is 18.6 Å². The molecule has 184 valence electrons. The lowest BCUT2D eigenvalue weighted by atomic mass is 10.0. The van der Waals surface area contributed by atoms with Crippen LogP contribution in [0.15, 0.2) is 65.3 Å². The Bertz CT molecular complexity index is 1130. The van der Waals surface area contributed by atoms with Crippen molar-refractivity contribution >= 4 is 17.5 Å².